The number of non-ortho nitro benzene ring substituents is 1. The molecule has 1 unspecified atom stereocenters. The van der Waals surface area contributed by atoms with Gasteiger partial charge in [-0.1, -0.05) is 29.6 Å². The molecular formula is C20H17NO7. The number of aliphatic hydroxyl groups excluding tert-OH is 1. The highest BCUT2D eigenvalue weighted by Crippen LogP contribution is 2.30. The van der Waals surface area contributed by atoms with Crippen molar-refractivity contribution in [3.8, 4) is 36.0 Å². The van der Waals surface area contributed by atoms with E-state index in [4.69, 9.17) is 15.9 Å². The van der Waals surface area contributed by atoms with E-state index in [1.807, 2.05) is 5.92 Å². The van der Waals surface area contributed by atoms with Crippen LogP contribution in [0.15, 0.2) is 24.3 Å². The molecule has 0 fully saturated rings. The highest BCUT2D eigenvalue weighted by molar-refractivity contribution is 6.00. The van der Waals surface area contributed by atoms with Crippen LogP contribution < -0.4 is 0 Å². The highest BCUT2D eigenvalue weighted by Gasteiger charge is 2.47. The van der Waals surface area contributed by atoms with E-state index >= 15 is 0 Å². The van der Waals surface area contributed by atoms with Crippen LogP contribution in [-0.2, 0) is 19.1 Å². The van der Waals surface area contributed by atoms with Crippen molar-refractivity contribution in [2.45, 2.75) is 18.9 Å². The molecule has 1 aromatic carbocycles. The van der Waals surface area contributed by atoms with Gasteiger partial charge in [0.15, 0.2) is 11.5 Å². The van der Waals surface area contributed by atoms with Crippen LogP contribution in [0.4, 0.5) is 5.69 Å². The number of nitro groups is 1. The number of hydrogen-bond acceptors (Lipinski definition) is 7. The minimum Gasteiger partial charge on any atom is -0.468 e. The Labute approximate surface area is 162 Å². The molecule has 0 aliphatic heterocycles. The molecular weight excluding hydrogens is 366 g/mol. The molecule has 28 heavy (non-hydrogen) atoms. The zero-order valence-electron chi connectivity index (χ0n) is 15.2. The number of terminal acetylenes is 1. The van der Waals surface area contributed by atoms with Crippen molar-refractivity contribution in [2.24, 2.45) is 5.41 Å². The topological polar surface area (TPSA) is 116 Å². The molecule has 0 saturated carbocycles. The third-order valence-corrected chi connectivity index (χ3v) is 3.64. The maximum Gasteiger partial charge on any atom is 0.325 e. The highest BCUT2D eigenvalue weighted by atomic mass is 16.6. The van der Waals surface area contributed by atoms with Crippen molar-refractivity contribution in [3.05, 3.63) is 39.9 Å². The summed E-state index contributed by atoms with van der Waals surface area (Å²) in [5.41, 5.74) is -1.48. The summed E-state index contributed by atoms with van der Waals surface area (Å²) in [6.45, 7) is 0. The predicted molar refractivity (Wildman–Crippen MR) is 98.3 cm³/mol. The smallest absolute Gasteiger partial charge is 0.325 e. The molecule has 1 N–H and O–H groups in total. The first-order valence-corrected chi connectivity index (χ1v) is 7.83. The number of carbonyl (C=O) groups is 2. The van der Waals surface area contributed by atoms with Crippen molar-refractivity contribution in [1.29, 1.82) is 0 Å². The van der Waals surface area contributed by atoms with Crippen LogP contribution in [0.25, 0.3) is 0 Å². The molecule has 8 heteroatoms. The van der Waals surface area contributed by atoms with Crippen LogP contribution in [0.1, 0.15) is 18.4 Å². The molecule has 1 rings (SSSR count). The molecule has 144 valence electrons. The fourth-order valence-corrected chi connectivity index (χ4v) is 2.13. The van der Waals surface area contributed by atoms with Gasteiger partial charge in [0, 0.05) is 30.5 Å². The van der Waals surface area contributed by atoms with E-state index in [0.29, 0.717) is 5.56 Å². The summed E-state index contributed by atoms with van der Waals surface area (Å²) in [6, 6.07) is 5.44. The van der Waals surface area contributed by atoms with Crippen molar-refractivity contribution >= 4 is 17.6 Å². The van der Waals surface area contributed by atoms with Gasteiger partial charge in [0.25, 0.3) is 5.69 Å². The summed E-state index contributed by atoms with van der Waals surface area (Å²) in [7, 11) is 2.21. The zero-order chi connectivity index (χ0) is 21.2. The molecule has 0 aliphatic carbocycles. The minimum absolute atomic E-state index is 0.0913. The SMILES string of the molecule is C#CC(O)C#CCC(CC#Cc1ccc([N+](=O)[O-])cc1)(C(=O)OC)C(=O)OC. The Hall–Kier alpha value is -3.80. The molecule has 0 amide bonds. The third-order valence-electron chi connectivity index (χ3n) is 3.64. The molecule has 1 atom stereocenters. The normalized spacial score (nSPS) is 10.8. The maximum absolute atomic E-state index is 12.3. The Kier molecular flexibility index (Phi) is 8.24. The van der Waals surface area contributed by atoms with Crippen molar-refractivity contribution in [1.82, 2.24) is 0 Å². The van der Waals surface area contributed by atoms with Gasteiger partial charge in [0.2, 0.25) is 0 Å². The third kappa shape index (κ3) is 5.60. The molecule has 0 radical (unpaired) electrons. The van der Waals surface area contributed by atoms with Crippen LogP contribution in [0.5, 0.6) is 0 Å². The number of benzene rings is 1. The van der Waals surface area contributed by atoms with Gasteiger partial charge in [-0.25, -0.2) is 0 Å². The fourth-order valence-electron chi connectivity index (χ4n) is 2.13. The van der Waals surface area contributed by atoms with Crippen molar-refractivity contribution in [2.75, 3.05) is 14.2 Å². The lowest BCUT2D eigenvalue weighted by Gasteiger charge is -2.24. The Morgan fingerprint density at radius 3 is 2.18 bits per heavy atom. The second-order valence-corrected chi connectivity index (χ2v) is 5.41. The van der Waals surface area contributed by atoms with E-state index in [0.717, 1.165) is 14.2 Å². The van der Waals surface area contributed by atoms with Crippen LogP contribution in [-0.4, -0.2) is 42.3 Å². The van der Waals surface area contributed by atoms with E-state index in [9.17, 15) is 24.8 Å². The van der Waals surface area contributed by atoms with E-state index in [1.54, 1.807) is 0 Å². The fraction of sp³-hybridized carbons (Fsp3) is 0.300. The molecule has 0 aromatic heterocycles. The number of carbonyl (C=O) groups excluding carboxylic acids is 2. The number of hydrogen-bond donors (Lipinski definition) is 1. The first-order valence-electron chi connectivity index (χ1n) is 7.83. The molecule has 1 aromatic rings. The first-order chi connectivity index (χ1) is 13.3. The molecule has 0 bridgehead atoms. The second-order valence-electron chi connectivity index (χ2n) is 5.41. The Bertz CT molecular complexity index is 888. The summed E-state index contributed by atoms with van der Waals surface area (Å²) in [4.78, 5) is 34.7. The Balaban J connectivity index is 3.19. The van der Waals surface area contributed by atoms with E-state index in [2.05, 4.69) is 23.7 Å². The summed E-state index contributed by atoms with van der Waals surface area (Å²) < 4.78 is 9.43. The van der Waals surface area contributed by atoms with Gasteiger partial charge in [0.05, 0.1) is 19.1 Å². The summed E-state index contributed by atoms with van der Waals surface area (Å²) in [5.74, 6) is 10.4. The van der Waals surface area contributed by atoms with Gasteiger partial charge >= 0.3 is 11.9 Å². The lowest BCUT2D eigenvalue weighted by atomic mass is 9.81. The van der Waals surface area contributed by atoms with Gasteiger partial charge in [-0.3, -0.25) is 19.7 Å². The quantitative estimate of drug-likeness (QED) is 0.266. The first kappa shape index (κ1) is 22.2. The molecule has 0 saturated heterocycles. The molecule has 8 nitrogen and oxygen atoms in total. The lowest BCUT2D eigenvalue weighted by molar-refractivity contribution is -0.384. The monoisotopic (exact) mass is 383 g/mol. The average Bonchev–Trinajstić information content (AvgIpc) is 2.71. The molecule has 0 spiro atoms. The maximum atomic E-state index is 12.3. The Morgan fingerprint density at radius 1 is 1.18 bits per heavy atom. The number of ether oxygens (including phenoxy) is 2. The largest absolute Gasteiger partial charge is 0.468 e. The number of nitrogens with zero attached hydrogens (tertiary/aromatic N) is 1. The number of esters is 2. The summed E-state index contributed by atoms with van der Waals surface area (Å²) in [6.07, 6.45) is 3.05. The van der Waals surface area contributed by atoms with E-state index in [1.165, 1.54) is 24.3 Å². The average molecular weight is 383 g/mol. The summed E-state index contributed by atoms with van der Waals surface area (Å²) in [5, 5.41) is 20.0. The number of nitro benzene ring substituents is 1. The Morgan fingerprint density at radius 2 is 1.71 bits per heavy atom. The molecule has 0 heterocycles. The lowest BCUT2D eigenvalue weighted by Crippen LogP contribution is -2.41. The summed E-state index contributed by atoms with van der Waals surface area (Å²) >= 11 is 0. The number of rotatable bonds is 5. The van der Waals surface area contributed by atoms with E-state index in [-0.39, 0.29) is 18.5 Å². The zero-order valence-corrected chi connectivity index (χ0v) is 15.2. The van der Waals surface area contributed by atoms with E-state index < -0.39 is 28.4 Å². The van der Waals surface area contributed by atoms with Gasteiger partial charge in [-0.15, -0.1) is 6.42 Å². The second kappa shape index (κ2) is 10.4. The van der Waals surface area contributed by atoms with Gasteiger partial charge in [-0.05, 0) is 12.1 Å². The minimum atomic E-state index is -1.83. The molecule has 0 aliphatic rings. The van der Waals surface area contributed by atoms with Crippen molar-refractivity contribution in [3.63, 3.8) is 0 Å². The predicted octanol–water partition coefficient (Wildman–Crippen LogP) is 1.06. The van der Waals surface area contributed by atoms with Crippen LogP contribution in [0, 0.1) is 51.6 Å². The standard InChI is InChI=1S/C20H17NO7/c1-4-17(22)8-6-14-20(18(23)27-2,19(24)28-3)13-5-7-15-9-11-16(12-10-15)21(25)26/h1,9-12,17,22H,13-14H2,2-3H3. The van der Waals surface area contributed by atoms with Crippen LogP contribution >= 0.6 is 0 Å². The van der Waals surface area contributed by atoms with Gasteiger partial charge in [-0.2, -0.15) is 0 Å². The van der Waals surface area contributed by atoms with Crippen molar-refractivity contribution < 1.29 is 29.1 Å². The van der Waals surface area contributed by atoms with Crippen LogP contribution in [0.2, 0.25) is 0 Å². The van der Waals surface area contributed by atoms with Gasteiger partial charge in [0.1, 0.15) is 0 Å². The van der Waals surface area contributed by atoms with Gasteiger partial charge < -0.3 is 14.6 Å². The number of aliphatic hydroxyl groups is 1. The van der Waals surface area contributed by atoms with Crippen LogP contribution in [0.3, 0.4) is 0 Å². The number of methoxy groups -OCH3 is 2.